The van der Waals surface area contributed by atoms with Crippen molar-refractivity contribution in [2.45, 2.75) is 50.8 Å². The predicted octanol–water partition coefficient (Wildman–Crippen LogP) is 5.56. The Kier molecular flexibility index (Phi) is 6.96. The molecule has 1 amide bonds. The fraction of sp³-hybridized carbons (Fsp3) is 0.429. The van der Waals surface area contributed by atoms with E-state index in [1.807, 2.05) is 24.3 Å². The molecule has 3 rings (SSSR count). The van der Waals surface area contributed by atoms with Crippen LogP contribution in [0.1, 0.15) is 64.3 Å². The van der Waals surface area contributed by atoms with Crippen molar-refractivity contribution >= 4 is 40.0 Å². The van der Waals surface area contributed by atoms with E-state index < -0.39 is 0 Å². The summed E-state index contributed by atoms with van der Waals surface area (Å²) in [4.78, 5) is 27.7. The molecular weight excluding hydrogens is 378 g/mol. The highest BCUT2D eigenvalue weighted by molar-refractivity contribution is 7.99. The van der Waals surface area contributed by atoms with Gasteiger partial charge in [-0.2, -0.15) is 0 Å². The maximum Gasteiger partial charge on any atom is 0.341 e. The van der Waals surface area contributed by atoms with Crippen LogP contribution in [0, 0.1) is 0 Å². The Bertz CT molecular complexity index is 812. The largest absolute Gasteiger partial charge is 0.462 e. The van der Waals surface area contributed by atoms with Crippen LogP contribution in [-0.4, -0.2) is 24.2 Å². The first kappa shape index (κ1) is 20.0. The number of thioether (sulfide) groups is 1. The Morgan fingerprint density at radius 3 is 2.56 bits per heavy atom. The molecule has 1 heterocycles. The number of amides is 1. The number of fused-ring (bicyclic) bond motifs is 1. The van der Waals surface area contributed by atoms with Gasteiger partial charge in [0.2, 0.25) is 0 Å². The number of ether oxygens (including phenoxy) is 1. The van der Waals surface area contributed by atoms with Gasteiger partial charge in [-0.15, -0.1) is 23.1 Å². The van der Waals surface area contributed by atoms with Gasteiger partial charge in [-0.25, -0.2) is 4.79 Å². The van der Waals surface area contributed by atoms with Crippen LogP contribution < -0.4 is 5.32 Å². The summed E-state index contributed by atoms with van der Waals surface area (Å²) < 4.78 is 5.28. The average molecular weight is 404 g/mol. The topological polar surface area (TPSA) is 55.4 Å². The molecule has 1 aromatic carbocycles. The molecule has 144 valence electrons. The monoisotopic (exact) mass is 403 g/mol. The van der Waals surface area contributed by atoms with Gasteiger partial charge in [0.15, 0.2) is 0 Å². The van der Waals surface area contributed by atoms with Crippen LogP contribution >= 0.6 is 23.1 Å². The van der Waals surface area contributed by atoms with Crippen molar-refractivity contribution in [3.05, 3.63) is 45.8 Å². The van der Waals surface area contributed by atoms with Crippen LogP contribution in [0.3, 0.4) is 0 Å². The van der Waals surface area contributed by atoms with Gasteiger partial charge in [0.05, 0.1) is 12.2 Å². The number of nitrogens with one attached hydrogen (secondary N) is 1. The van der Waals surface area contributed by atoms with Gasteiger partial charge in [0.1, 0.15) is 5.00 Å². The third-order valence-electron chi connectivity index (χ3n) is 4.56. The Balaban J connectivity index is 1.86. The second-order valence-corrected chi connectivity index (χ2v) is 8.84. The molecule has 0 aliphatic heterocycles. The summed E-state index contributed by atoms with van der Waals surface area (Å²) >= 11 is 3.27. The molecule has 6 heteroatoms. The molecule has 0 saturated carbocycles. The van der Waals surface area contributed by atoms with E-state index in [1.54, 1.807) is 18.7 Å². The highest BCUT2D eigenvalue weighted by Crippen LogP contribution is 2.38. The summed E-state index contributed by atoms with van der Waals surface area (Å²) in [7, 11) is 0. The molecule has 0 spiro atoms. The molecule has 0 saturated heterocycles. The molecule has 0 bridgehead atoms. The van der Waals surface area contributed by atoms with E-state index in [9.17, 15) is 9.59 Å². The summed E-state index contributed by atoms with van der Waals surface area (Å²) in [6, 6.07) is 7.57. The minimum atomic E-state index is -0.332. The summed E-state index contributed by atoms with van der Waals surface area (Å²) in [5, 5.41) is 3.59. The van der Waals surface area contributed by atoms with E-state index >= 15 is 0 Å². The lowest BCUT2D eigenvalue weighted by atomic mass is 10.1. The van der Waals surface area contributed by atoms with Crippen molar-refractivity contribution in [1.82, 2.24) is 0 Å². The summed E-state index contributed by atoms with van der Waals surface area (Å²) in [6.45, 7) is 4.23. The molecule has 1 N–H and O–H groups in total. The Morgan fingerprint density at radius 2 is 1.85 bits per heavy atom. The normalized spacial score (nSPS) is 13.6. The fourth-order valence-corrected chi connectivity index (χ4v) is 5.23. The molecule has 4 nitrogen and oxygen atoms in total. The van der Waals surface area contributed by atoms with E-state index in [1.165, 1.54) is 22.6 Å². The fourth-order valence-electron chi connectivity index (χ4n) is 3.29. The third-order valence-corrected chi connectivity index (χ3v) is 6.66. The maximum absolute atomic E-state index is 12.7. The first-order valence-electron chi connectivity index (χ1n) is 9.49. The molecule has 1 aromatic heterocycles. The predicted molar refractivity (Wildman–Crippen MR) is 112 cm³/mol. The van der Waals surface area contributed by atoms with Crippen molar-refractivity contribution in [1.29, 1.82) is 0 Å². The molecule has 2 aromatic rings. The van der Waals surface area contributed by atoms with Crippen molar-refractivity contribution in [3.63, 3.8) is 0 Å². The summed E-state index contributed by atoms with van der Waals surface area (Å²) in [5.74, 6) is 0.474. The minimum absolute atomic E-state index is 0.190. The third kappa shape index (κ3) is 4.74. The molecule has 0 unspecified atom stereocenters. The molecule has 27 heavy (non-hydrogen) atoms. The van der Waals surface area contributed by atoms with E-state index in [-0.39, 0.29) is 11.9 Å². The van der Waals surface area contributed by atoms with Gasteiger partial charge < -0.3 is 10.1 Å². The zero-order chi connectivity index (χ0) is 19.2. The van der Waals surface area contributed by atoms with E-state index in [2.05, 4.69) is 12.2 Å². The number of thiophene rings is 1. The van der Waals surface area contributed by atoms with Crippen LogP contribution in [0.4, 0.5) is 5.00 Å². The zero-order valence-electron chi connectivity index (χ0n) is 15.8. The quantitative estimate of drug-likeness (QED) is 0.390. The van der Waals surface area contributed by atoms with Crippen LogP contribution in [-0.2, 0) is 17.6 Å². The second-order valence-electron chi connectivity index (χ2n) is 6.40. The Morgan fingerprint density at radius 1 is 1.11 bits per heavy atom. The lowest BCUT2D eigenvalue weighted by molar-refractivity contribution is 0.0527. The number of hydrogen-bond donors (Lipinski definition) is 1. The van der Waals surface area contributed by atoms with Crippen molar-refractivity contribution in [2.75, 3.05) is 17.7 Å². The van der Waals surface area contributed by atoms with Crippen LogP contribution in [0.15, 0.2) is 29.2 Å². The molecule has 0 fully saturated rings. The first-order chi connectivity index (χ1) is 13.1. The number of aryl methyl sites for hydroxylation is 1. The van der Waals surface area contributed by atoms with Crippen LogP contribution in [0.5, 0.6) is 0 Å². The average Bonchev–Trinajstić information content (AvgIpc) is 2.83. The summed E-state index contributed by atoms with van der Waals surface area (Å²) in [5.41, 5.74) is 2.22. The summed E-state index contributed by atoms with van der Waals surface area (Å²) in [6.07, 6.45) is 5.21. The molecular formula is C21H25NO3S2. The van der Waals surface area contributed by atoms with E-state index in [4.69, 9.17) is 4.74 Å². The van der Waals surface area contributed by atoms with Gasteiger partial charge in [-0.1, -0.05) is 13.3 Å². The van der Waals surface area contributed by atoms with Gasteiger partial charge in [0, 0.05) is 15.3 Å². The molecule has 1 aliphatic carbocycles. The van der Waals surface area contributed by atoms with Gasteiger partial charge in [-0.05, 0) is 68.2 Å². The van der Waals surface area contributed by atoms with Crippen molar-refractivity contribution in [3.8, 4) is 0 Å². The Hall–Kier alpha value is -1.79. The lowest BCUT2D eigenvalue weighted by Crippen LogP contribution is -2.15. The Labute approximate surface area is 168 Å². The van der Waals surface area contributed by atoms with E-state index in [0.29, 0.717) is 22.7 Å². The van der Waals surface area contributed by atoms with Crippen LogP contribution in [0.2, 0.25) is 0 Å². The number of carbonyl (C=O) groups excluding carboxylic acids is 2. The van der Waals surface area contributed by atoms with Crippen LogP contribution in [0.25, 0.3) is 0 Å². The number of esters is 1. The van der Waals surface area contributed by atoms with Gasteiger partial charge in [-0.3, -0.25) is 4.79 Å². The van der Waals surface area contributed by atoms with E-state index in [0.717, 1.165) is 41.9 Å². The number of carbonyl (C=O) groups is 2. The van der Waals surface area contributed by atoms with Crippen molar-refractivity contribution in [2.24, 2.45) is 0 Å². The maximum atomic E-state index is 12.7. The lowest BCUT2D eigenvalue weighted by Gasteiger charge is -2.09. The molecule has 0 radical (unpaired) electrons. The molecule has 0 atom stereocenters. The van der Waals surface area contributed by atoms with Gasteiger partial charge >= 0.3 is 5.97 Å². The second kappa shape index (κ2) is 9.42. The molecule has 1 aliphatic rings. The highest BCUT2D eigenvalue weighted by atomic mass is 32.2. The smallest absolute Gasteiger partial charge is 0.341 e. The van der Waals surface area contributed by atoms with Gasteiger partial charge in [0.25, 0.3) is 5.91 Å². The zero-order valence-corrected chi connectivity index (χ0v) is 17.4. The highest BCUT2D eigenvalue weighted by Gasteiger charge is 2.26. The number of benzene rings is 1. The first-order valence-corrected chi connectivity index (χ1v) is 11.3. The standard InChI is InChI=1S/C21H25NO3S2/c1-3-25-21(24)18-16-8-6-5-7-9-17(16)27-20(18)22-19(23)14-10-12-15(13-11-14)26-4-2/h10-13H,3-9H2,1-2H3,(H,22,23). The number of hydrogen-bond acceptors (Lipinski definition) is 5. The SMILES string of the molecule is CCOC(=O)c1c(NC(=O)c2ccc(SCC)cc2)sc2c1CCCCC2. The minimum Gasteiger partial charge on any atom is -0.462 e. The van der Waals surface area contributed by atoms with Crippen molar-refractivity contribution < 1.29 is 14.3 Å². The number of anilines is 1. The number of rotatable bonds is 6.